The first kappa shape index (κ1) is 16.5. The van der Waals surface area contributed by atoms with Crippen molar-refractivity contribution in [3.05, 3.63) is 51.3 Å². The van der Waals surface area contributed by atoms with Gasteiger partial charge in [-0.2, -0.15) is 4.31 Å². The van der Waals surface area contributed by atoms with Gasteiger partial charge in [0.25, 0.3) is 5.56 Å². The van der Waals surface area contributed by atoms with E-state index < -0.39 is 26.2 Å². The third-order valence-electron chi connectivity index (χ3n) is 4.32. The molecule has 0 amide bonds. The zero-order valence-electron chi connectivity index (χ0n) is 13.6. The number of imidazole rings is 1. The highest BCUT2D eigenvalue weighted by molar-refractivity contribution is 7.89. The lowest BCUT2D eigenvalue weighted by Crippen LogP contribution is -2.50. The minimum absolute atomic E-state index is 0.206. The van der Waals surface area contributed by atoms with E-state index in [-0.39, 0.29) is 13.1 Å². The molecule has 3 heterocycles. The fraction of sp³-hybridized carbons (Fsp3) is 0.267. The molecular formula is C15H16N6O4S. The zero-order chi connectivity index (χ0) is 18.3. The van der Waals surface area contributed by atoms with E-state index in [1.165, 1.54) is 4.31 Å². The number of sulfonamides is 1. The largest absolute Gasteiger partial charge is 0.340 e. The second kappa shape index (κ2) is 6.11. The van der Waals surface area contributed by atoms with Crippen molar-refractivity contribution in [2.24, 2.45) is 0 Å². The van der Waals surface area contributed by atoms with E-state index in [4.69, 9.17) is 0 Å². The Bertz CT molecular complexity index is 1140. The van der Waals surface area contributed by atoms with Crippen LogP contribution in [0.4, 0.5) is 5.95 Å². The Labute approximate surface area is 147 Å². The highest BCUT2D eigenvalue weighted by Crippen LogP contribution is 2.20. The summed E-state index contributed by atoms with van der Waals surface area (Å²) in [6.45, 7) is 1.27. The van der Waals surface area contributed by atoms with Gasteiger partial charge in [0.2, 0.25) is 16.0 Å². The summed E-state index contributed by atoms with van der Waals surface area (Å²) >= 11 is 0. The van der Waals surface area contributed by atoms with Gasteiger partial charge in [0, 0.05) is 32.4 Å². The summed E-state index contributed by atoms with van der Waals surface area (Å²) in [4.78, 5) is 36.2. The molecule has 0 radical (unpaired) electrons. The van der Waals surface area contributed by atoms with E-state index in [1.807, 2.05) is 34.1 Å². The molecule has 2 aromatic heterocycles. The second-order valence-electron chi connectivity index (χ2n) is 5.90. The number of nitrogens with zero attached hydrogens (tertiary/aromatic N) is 3. The molecule has 1 aliphatic rings. The average Bonchev–Trinajstić information content (AvgIpc) is 3.05. The Balaban J connectivity index is 1.54. The minimum atomic E-state index is -3.98. The first-order chi connectivity index (χ1) is 12.4. The number of nitrogens with one attached hydrogen (secondary N) is 3. The smallest absolute Gasteiger partial charge is 0.325 e. The molecule has 3 N–H and O–H groups in total. The molecule has 0 aliphatic carbocycles. The third kappa shape index (κ3) is 2.80. The molecule has 0 saturated carbocycles. The number of benzene rings is 1. The van der Waals surface area contributed by atoms with Crippen molar-refractivity contribution in [2.45, 2.75) is 4.90 Å². The number of anilines is 1. The van der Waals surface area contributed by atoms with Crippen molar-refractivity contribution in [3.63, 3.8) is 0 Å². The number of hydrogen-bond acceptors (Lipinski definition) is 6. The Kier molecular flexibility index (Phi) is 3.89. The summed E-state index contributed by atoms with van der Waals surface area (Å²) in [5.74, 6) is 0.685. The molecule has 11 heteroatoms. The van der Waals surface area contributed by atoms with Gasteiger partial charge in [0.1, 0.15) is 0 Å². The van der Waals surface area contributed by atoms with E-state index in [0.29, 0.717) is 19.0 Å². The van der Waals surface area contributed by atoms with Crippen molar-refractivity contribution in [3.8, 4) is 0 Å². The molecule has 1 aliphatic heterocycles. The first-order valence-corrected chi connectivity index (χ1v) is 9.41. The van der Waals surface area contributed by atoms with E-state index in [1.54, 1.807) is 0 Å². The number of aromatic nitrogens is 4. The molecule has 0 bridgehead atoms. The van der Waals surface area contributed by atoms with Gasteiger partial charge in [-0.3, -0.25) is 9.78 Å². The van der Waals surface area contributed by atoms with Crippen molar-refractivity contribution < 1.29 is 8.42 Å². The zero-order valence-corrected chi connectivity index (χ0v) is 14.4. The fourth-order valence-corrected chi connectivity index (χ4v) is 4.37. The van der Waals surface area contributed by atoms with E-state index in [2.05, 4.69) is 15.0 Å². The maximum atomic E-state index is 12.6. The van der Waals surface area contributed by atoms with Crippen LogP contribution in [0.2, 0.25) is 0 Å². The summed E-state index contributed by atoms with van der Waals surface area (Å²) in [6.07, 6.45) is 0.933. The molecule has 136 valence electrons. The van der Waals surface area contributed by atoms with Crippen LogP contribution in [0.15, 0.2) is 44.9 Å². The van der Waals surface area contributed by atoms with Gasteiger partial charge < -0.3 is 14.9 Å². The maximum absolute atomic E-state index is 12.6. The SMILES string of the molecule is O=c1[nH]cc(S(=O)(=O)N2CCN(c3nc4ccccc4[nH]3)CC2)c(=O)[nH]1. The van der Waals surface area contributed by atoms with Gasteiger partial charge in [-0.05, 0) is 12.1 Å². The number of piperazine rings is 1. The van der Waals surface area contributed by atoms with Crippen LogP contribution < -0.4 is 16.1 Å². The number of hydrogen-bond donors (Lipinski definition) is 3. The number of H-pyrrole nitrogens is 3. The van der Waals surface area contributed by atoms with Crippen LogP contribution in [0, 0.1) is 0 Å². The molecule has 1 fully saturated rings. The molecular weight excluding hydrogens is 360 g/mol. The topological polar surface area (TPSA) is 135 Å². The van der Waals surface area contributed by atoms with Crippen molar-refractivity contribution in [1.82, 2.24) is 24.2 Å². The Morgan fingerprint density at radius 2 is 1.73 bits per heavy atom. The van der Waals surface area contributed by atoms with Crippen LogP contribution >= 0.6 is 0 Å². The van der Waals surface area contributed by atoms with E-state index >= 15 is 0 Å². The number of para-hydroxylation sites is 2. The predicted octanol–water partition coefficient (Wildman–Crippen LogP) is -0.550. The summed E-state index contributed by atoms with van der Waals surface area (Å²) in [5.41, 5.74) is 0.0896. The quantitative estimate of drug-likeness (QED) is 0.561. The number of rotatable bonds is 3. The highest BCUT2D eigenvalue weighted by atomic mass is 32.2. The number of fused-ring (bicyclic) bond motifs is 1. The first-order valence-electron chi connectivity index (χ1n) is 7.97. The fourth-order valence-electron chi connectivity index (χ4n) is 2.96. The Morgan fingerprint density at radius 3 is 2.42 bits per heavy atom. The molecule has 26 heavy (non-hydrogen) atoms. The predicted molar refractivity (Wildman–Crippen MR) is 94.7 cm³/mol. The maximum Gasteiger partial charge on any atom is 0.325 e. The highest BCUT2D eigenvalue weighted by Gasteiger charge is 2.31. The van der Waals surface area contributed by atoms with E-state index in [9.17, 15) is 18.0 Å². The molecule has 10 nitrogen and oxygen atoms in total. The van der Waals surface area contributed by atoms with Gasteiger partial charge >= 0.3 is 5.69 Å². The van der Waals surface area contributed by atoms with Crippen molar-refractivity contribution in [2.75, 3.05) is 31.1 Å². The van der Waals surface area contributed by atoms with Crippen LogP contribution in [0.5, 0.6) is 0 Å². The Morgan fingerprint density at radius 1 is 1.00 bits per heavy atom. The van der Waals surface area contributed by atoms with E-state index in [0.717, 1.165) is 17.2 Å². The number of aromatic amines is 3. The lowest BCUT2D eigenvalue weighted by molar-refractivity contribution is 0.382. The van der Waals surface area contributed by atoms with Crippen LogP contribution in [-0.2, 0) is 10.0 Å². The molecule has 0 unspecified atom stereocenters. The molecule has 0 atom stereocenters. The van der Waals surface area contributed by atoms with Crippen LogP contribution in [0.3, 0.4) is 0 Å². The second-order valence-corrected chi connectivity index (χ2v) is 7.81. The Hall–Kier alpha value is -2.92. The van der Waals surface area contributed by atoms with Gasteiger partial charge in [-0.15, -0.1) is 0 Å². The van der Waals surface area contributed by atoms with Gasteiger partial charge in [0.15, 0.2) is 4.90 Å². The van der Waals surface area contributed by atoms with Crippen LogP contribution in [0.1, 0.15) is 0 Å². The molecule has 4 rings (SSSR count). The lowest BCUT2D eigenvalue weighted by atomic mass is 10.3. The lowest BCUT2D eigenvalue weighted by Gasteiger charge is -2.33. The molecule has 3 aromatic rings. The van der Waals surface area contributed by atoms with Crippen molar-refractivity contribution in [1.29, 1.82) is 0 Å². The standard InChI is InChI=1S/C15H16N6O4S/c22-13-12(9-16-15(23)19-13)26(24,25)21-7-5-20(6-8-21)14-17-10-3-1-2-4-11(10)18-14/h1-4,9H,5-8H2,(H,17,18)(H2,16,19,22,23). The van der Waals surface area contributed by atoms with Gasteiger partial charge in [-0.25, -0.2) is 18.2 Å². The summed E-state index contributed by atoms with van der Waals surface area (Å²) in [6, 6.07) is 7.64. The third-order valence-corrected chi connectivity index (χ3v) is 6.22. The van der Waals surface area contributed by atoms with Gasteiger partial charge in [-0.1, -0.05) is 12.1 Å². The van der Waals surface area contributed by atoms with Crippen LogP contribution in [0.25, 0.3) is 11.0 Å². The summed E-state index contributed by atoms with van der Waals surface area (Å²) in [7, 11) is -3.98. The summed E-state index contributed by atoms with van der Waals surface area (Å²) < 4.78 is 26.5. The van der Waals surface area contributed by atoms with Crippen molar-refractivity contribution >= 4 is 27.0 Å². The average molecular weight is 376 g/mol. The monoisotopic (exact) mass is 376 g/mol. The molecule has 1 saturated heterocycles. The normalized spacial score (nSPS) is 16.2. The molecule has 1 aromatic carbocycles. The van der Waals surface area contributed by atoms with Gasteiger partial charge in [0.05, 0.1) is 11.0 Å². The minimum Gasteiger partial charge on any atom is -0.340 e. The van der Waals surface area contributed by atoms with Crippen LogP contribution in [-0.4, -0.2) is 58.8 Å². The summed E-state index contributed by atoms with van der Waals surface area (Å²) in [5, 5.41) is 0. The molecule has 0 spiro atoms.